The summed E-state index contributed by atoms with van der Waals surface area (Å²) < 4.78 is 31.3. The summed E-state index contributed by atoms with van der Waals surface area (Å²) in [5.41, 5.74) is -0.532. The van der Waals surface area contributed by atoms with E-state index in [0.29, 0.717) is 18.3 Å². The van der Waals surface area contributed by atoms with Gasteiger partial charge in [-0.05, 0) is 108 Å². The van der Waals surface area contributed by atoms with Crippen molar-refractivity contribution in [1.82, 2.24) is 5.32 Å². The lowest BCUT2D eigenvalue weighted by Gasteiger charge is -2.60. The van der Waals surface area contributed by atoms with Gasteiger partial charge in [-0.1, -0.05) is 32.4 Å². The summed E-state index contributed by atoms with van der Waals surface area (Å²) in [6.45, 7) is 16.0. The number of carbonyl (C=O) groups is 1. The van der Waals surface area contributed by atoms with Crippen molar-refractivity contribution in [3.05, 3.63) is 11.6 Å². The fraction of sp³-hybridized carbons (Fsp3) is 0.923. The molecule has 286 valence electrons. The largest absolute Gasteiger partial charge is 0.390 e. The molecule has 15 atom stereocenters. The quantitative estimate of drug-likeness (QED) is 0.236. The number of aliphatic hydroxyl groups excluding tert-OH is 3. The molecule has 0 spiro atoms. The molecular formula is C39H65NO10. The smallest absolute Gasteiger partial charge is 0.217 e. The van der Waals surface area contributed by atoms with Gasteiger partial charge in [0.1, 0.15) is 24.4 Å². The summed E-state index contributed by atoms with van der Waals surface area (Å²) in [4.78, 5) is 12.0. The molecule has 11 nitrogen and oxygen atoms in total. The van der Waals surface area contributed by atoms with Gasteiger partial charge in [-0.15, -0.1) is 0 Å². The molecule has 0 bridgehead atoms. The Labute approximate surface area is 298 Å². The van der Waals surface area contributed by atoms with Crippen molar-refractivity contribution >= 4 is 5.91 Å². The molecule has 11 heteroatoms. The third-order valence-corrected chi connectivity index (χ3v) is 14.1. The van der Waals surface area contributed by atoms with Gasteiger partial charge in [0.05, 0.1) is 48.3 Å². The van der Waals surface area contributed by atoms with E-state index >= 15 is 0 Å². The number of aliphatic hydroxyl groups is 4. The number of ether oxygens (including phenoxy) is 5. The predicted octanol–water partition coefficient (Wildman–Crippen LogP) is 3.78. The van der Waals surface area contributed by atoms with E-state index in [1.807, 2.05) is 27.7 Å². The van der Waals surface area contributed by atoms with Crippen LogP contribution in [0.1, 0.15) is 113 Å². The second kappa shape index (κ2) is 13.6. The zero-order valence-corrected chi connectivity index (χ0v) is 31.8. The minimum Gasteiger partial charge on any atom is -0.390 e. The second-order valence-corrected chi connectivity index (χ2v) is 18.5. The molecule has 5 fully saturated rings. The fourth-order valence-electron chi connectivity index (χ4n) is 11.4. The summed E-state index contributed by atoms with van der Waals surface area (Å²) in [5.74, 6) is 0.485. The average molecular weight is 708 g/mol. The number of amides is 1. The number of rotatable bonds is 8. The van der Waals surface area contributed by atoms with Crippen LogP contribution in [0.5, 0.6) is 0 Å². The van der Waals surface area contributed by atoms with Crippen molar-refractivity contribution < 1.29 is 48.9 Å². The van der Waals surface area contributed by atoms with Crippen LogP contribution in [0.15, 0.2) is 11.6 Å². The zero-order chi connectivity index (χ0) is 36.6. The van der Waals surface area contributed by atoms with Crippen LogP contribution < -0.4 is 5.32 Å². The van der Waals surface area contributed by atoms with Gasteiger partial charge in [-0.25, -0.2) is 0 Å². The minimum atomic E-state index is -1.29. The van der Waals surface area contributed by atoms with Crippen LogP contribution in [0.4, 0.5) is 0 Å². The summed E-state index contributed by atoms with van der Waals surface area (Å²) in [6.07, 6.45) is 5.08. The van der Waals surface area contributed by atoms with Crippen molar-refractivity contribution in [1.29, 1.82) is 0 Å². The van der Waals surface area contributed by atoms with Crippen molar-refractivity contribution in [3.63, 3.8) is 0 Å². The number of carbonyl (C=O) groups excluding carboxylic acids is 1. The highest BCUT2D eigenvalue weighted by atomic mass is 16.7. The Morgan fingerprint density at radius 3 is 2.30 bits per heavy atom. The number of hydrogen-bond donors (Lipinski definition) is 5. The maximum Gasteiger partial charge on any atom is 0.217 e. The van der Waals surface area contributed by atoms with Gasteiger partial charge in [0.25, 0.3) is 0 Å². The van der Waals surface area contributed by atoms with E-state index in [0.717, 1.165) is 51.4 Å². The summed E-state index contributed by atoms with van der Waals surface area (Å²) >= 11 is 0. The highest BCUT2D eigenvalue weighted by Crippen LogP contribution is 2.67. The average Bonchev–Trinajstić information content (AvgIpc) is 3.37. The molecule has 3 heterocycles. The third-order valence-electron chi connectivity index (χ3n) is 14.1. The first-order valence-electron chi connectivity index (χ1n) is 19.1. The van der Waals surface area contributed by atoms with Gasteiger partial charge in [0.2, 0.25) is 5.91 Å². The van der Waals surface area contributed by atoms with Gasteiger partial charge in [-0.3, -0.25) is 4.79 Å². The Bertz CT molecular complexity index is 1280. The van der Waals surface area contributed by atoms with E-state index in [2.05, 4.69) is 32.2 Å². The molecule has 3 aliphatic carbocycles. The number of methoxy groups -OCH3 is 1. The van der Waals surface area contributed by atoms with E-state index in [4.69, 9.17) is 23.7 Å². The number of fused-ring (bicyclic) bond motifs is 4. The lowest BCUT2D eigenvalue weighted by atomic mass is 9.50. The summed E-state index contributed by atoms with van der Waals surface area (Å²) in [5, 5.41) is 46.7. The maximum absolute atomic E-state index is 12.0. The molecule has 0 aromatic carbocycles. The molecule has 3 aliphatic heterocycles. The Kier molecular flexibility index (Phi) is 10.5. The van der Waals surface area contributed by atoms with E-state index in [1.54, 1.807) is 0 Å². The van der Waals surface area contributed by atoms with Crippen molar-refractivity contribution in [2.75, 3.05) is 13.7 Å². The number of nitrogens with one attached hydrogen (secondary N) is 1. The highest BCUT2D eigenvalue weighted by Gasteiger charge is 2.65. The lowest BCUT2D eigenvalue weighted by molar-refractivity contribution is -0.316. The summed E-state index contributed by atoms with van der Waals surface area (Å²) in [6, 6.07) is -0.959. The molecule has 0 aromatic rings. The Balaban J connectivity index is 1.15. The zero-order valence-electron chi connectivity index (χ0n) is 31.8. The molecule has 0 unspecified atom stereocenters. The Hall–Kier alpha value is -1.15. The normalized spacial score (nSPS) is 48.2. The standard InChI is InChI=1S/C39H65NO10/c1-21(41)40-30-32(44)31(43)25(20-46-9)47-34(30)50-36(4,5)28-14-16-37(6)18-22(10-13-29(37)48-28)23-11-12-26-38(7)17-15-27(35(2,3)45)49-33(38)24(42)19-39(23,26)8/h18,23-34,42-45H,10-17,19-20H2,1-9H3,(H,40,41)/t23-,24-,25-,26-,27+,28-,29-,30+,31+,32+,33+,34+,37+,38+,39+/m0/s1. The highest BCUT2D eigenvalue weighted by molar-refractivity contribution is 5.73. The van der Waals surface area contributed by atoms with Crippen molar-refractivity contribution in [2.24, 2.45) is 28.1 Å². The molecule has 2 saturated carbocycles. The van der Waals surface area contributed by atoms with Crippen LogP contribution >= 0.6 is 0 Å². The third kappa shape index (κ3) is 6.74. The van der Waals surface area contributed by atoms with Gasteiger partial charge < -0.3 is 49.4 Å². The van der Waals surface area contributed by atoms with Gasteiger partial charge in [-0.2, -0.15) is 0 Å². The van der Waals surface area contributed by atoms with E-state index < -0.39 is 47.9 Å². The van der Waals surface area contributed by atoms with Crippen LogP contribution in [0, 0.1) is 28.1 Å². The van der Waals surface area contributed by atoms with Gasteiger partial charge in [0, 0.05) is 19.4 Å². The molecule has 0 radical (unpaired) electrons. The first-order chi connectivity index (χ1) is 23.2. The van der Waals surface area contributed by atoms with Crippen LogP contribution in [0.3, 0.4) is 0 Å². The first kappa shape index (κ1) is 38.6. The molecule has 1 amide bonds. The van der Waals surface area contributed by atoms with Crippen molar-refractivity contribution in [2.45, 2.75) is 186 Å². The summed E-state index contributed by atoms with van der Waals surface area (Å²) in [7, 11) is 1.50. The van der Waals surface area contributed by atoms with Gasteiger partial charge >= 0.3 is 0 Å². The second-order valence-electron chi connectivity index (χ2n) is 18.5. The molecule has 0 aromatic heterocycles. The van der Waals surface area contributed by atoms with Crippen LogP contribution in [0.2, 0.25) is 0 Å². The molecule has 6 aliphatic rings. The van der Waals surface area contributed by atoms with Crippen LogP contribution in [-0.4, -0.2) is 112 Å². The predicted molar refractivity (Wildman–Crippen MR) is 186 cm³/mol. The molecule has 5 N–H and O–H groups in total. The Morgan fingerprint density at radius 2 is 1.64 bits per heavy atom. The van der Waals surface area contributed by atoms with E-state index in [1.165, 1.54) is 19.6 Å². The topological polar surface area (TPSA) is 156 Å². The fourth-order valence-corrected chi connectivity index (χ4v) is 11.4. The first-order valence-corrected chi connectivity index (χ1v) is 19.1. The maximum atomic E-state index is 12.0. The lowest BCUT2D eigenvalue weighted by Crippen LogP contribution is -2.66. The molecule has 3 saturated heterocycles. The monoisotopic (exact) mass is 707 g/mol. The van der Waals surface area contributed by atoms with E-state index in [-0.39, 0.29) is 53.2 Å². The van der Waals surface area contributed by atoms with Gasteiger partial charge in [0.15, 0.2) is 6.29 Å². The number of allylic oxidation sites excluding steroid dienone is 1. The number of hydrogen-bond acceptors (Lipinski definition) is 10. The molecule has 50 heavy (non-hydrogen) atoms. The minimum absolute atomic E-state index is 0.00862. The molecular weight excluding hydrogens is 642 g/mol. The molecule has 6 rings (SSSR count). The van der Waals surface area contributed by atoms with Crippen LogP contribution in [0.25, 0.3) is 0 Å². The van der Waals surface area contributed by atoms with Crippen LogP contribution in [-0.2, 0) is 28.5 Å². The Morgan fingerprint density at radius 1 is 0.940 bits per heavy atom. The van der Waals surface area contributed by atoms with E-state index in [9.17, 15) is 25.2 Å². The SMILES string of the molecule is COC[C@@H]1O[C@H](OC(C)(C)[C@@H]2CC[C@]3(C)C=C([C@@H]4CC[C@@H]5[C@]4(C)C[C@H](O)[C@H]4O[C@@H](C(C)(C)O)CC[C@]54C)CC[C@@H]3O2)[C@H](NC(C)=O)[C@@H](O)[C@@H]1O. The van der Waals surface area contributed by atoms with Crippen molar-refractivity contribution in [3.8, 4) is 0 Å².